The van der Waals surface area contributed by atoms with Gasteiger partial charge in [0.2, 0.25) is 0 Å². The van der Waals surface area contributed by atoms with Gasteiger partial charge in [-0.3, -0.25) is 4.79 Å². The lowest BCUT2D eigenvalue weighted by atomic mass is 10.1. The summed E-state index contributed by atoms with van der Waals surface area (Å²) < 4.78 is 4.96. The molecule has 0 aromatic rings. The molecule has 0 heterocycles. The van der Waals surface area contributed by atoms with Crippen molar-refractivity contribution >= 4 is 12.0 Å². The summed E-state index contributed by atoms with van der Waals surface area (Å²) in [5.74, 6) is -0.651. The number of nitrogens with one attached hydrogen (secondary N) is 2. The number of carboxylic acid groups (broad SMARTS) is 1. The van der Waals surface area contributed by atoms with Crippen molar-refractivity contribution in [3.63, 3.8) is 0 Å². The minimum absolute atomic E-state index is 0.134. The van der Waals surface area contributed by atoms with Crippen LogP contribution in [0.5, 0.6) is 0 Å². The van der Waals surface area contributed by atoms with Crippen LogP contribution in [-0.2, 0) is 9.53 Å². The number of carboxylic acids is 1. The van der Waals surface area contributed by atoms with Crippen LogP contribution < -0.4 is 10.6 Å². The largest absolute Gasteiger partial charge is 0.481 e. The summed E-state index contributed by atoms with van der Waals surface area (Å²) in [5, 5.41) is 14.1. The van der Waals surface area contributed by atoms with Crippen LogP contribution in [0.25, 0.3) is 0 Å². The quantitative estimate of drug-likeness (QED) is 0.511. The Labute approximate surface area is 120 Å². The first-order valence-electron chi connectivity index (χ1n) is 6.86. The van der Waals surface area contributed by atoms with Gasteiger partial charge in [0, 0.05) is 39.7 Å². The van der Waals surface area contributed by atoms with Gasteiger partial charge in [-0.25, -0.2) is 4.79 Å². The molecule has 7 heteroatoms. The molecule has 1 unspecified atom stereocenters. The van der Waals surface area contributed by atoms with Crippen molar-refractivity contribution in [3.8, 4) is 0 Å². The molecular weight excluding hydrogens is 262 g/mol. The SMILES string of the molecule is COCCN(C)CCNC(=O)NCC(C)CCC(=O)O. The number of carbonyl (C=O) groups is 2. The Kier molecular flexibility index (Phi) is 10.7. The second kappa shape index (κ2) is 11.5. The standard InChI is InChI=1S/C13H27N3O4/c1-11(4-5-12(17)18)10-15-13(19)14-6-7-16(2)8-9-20-3/h11H,4-10H2,1-3H3,(H,17,18)(H2,14,15,19). The highest BCUT2D eigenvalue weighted by Crippen LogP contribution is 2.03. The van der Waals surface area contributed by atoms with Gasteiger partial charge in [-0.2, -0.15) is 0 Å². The minimum Gasteiger partial charge on any atom is -0.481 e. The third-order valence-electron chi connectivity index (χ3n) is 2.92. The van der Waals surface area contributed by atoms with E-state index < -0.39 is 5.97 Å². The number of aliphatic carboxylic acids is 1. The average molecular weight is 289 g/mol. The fourth-order valence-corrected chi connectivity index (χ4v) is 1.52. The highest BCUT2D eigenvalue weighted by Gasteiger charge is 2.07. The highest BCUT2D eigenvalue weighted by atomic mass is 16.5. The molecule has 2 amide bonds. The van der Waals surface area contributed by atoms with Gasteiger partial charge in [0.1, 0.15) is 0 Å². The number of likely N-dealkylation sites (N-methyl/N-ethyl adjacent to an activating group) is 1. The molecule has 0 aromatic carbocycles. The Balaban J connectivity index is 3.56. The van der Waals surface area contributed by atoms with Crippen molar-refractivity contribution in [3.05, 3.63) is 0 Å². The predicted octanol–water partition coefficient (Wildman–Crippen LogP) is 0.365. The van der Waals surface area contributed by atoms with Gasteiger partial charge < -0.3 is 25.4 Å². The van der Waals surface area contributed by atoms with Crippen LogP contribution in [-0.4, -0.2) is 69.0 Å². The molecular formula is C13H27N3O4. The molecule has 0 bridgehead atoms. The first-order valence-corrected chi connectivity index (χ1v) is 6.86. The number of nitrogens with zero attached hydrogens (tertiary/aromatic N) is 1. The summed E-state index contributed by atoms with van der Waals surface area (Å²) in [7, 11) is 3.62. The number of urea groups is 1. The summed E-state index contributed by atoms with van der Waals surface area (Å²) in [4.78, 5) is 24.0. The Morgan fingerprint density at radius 2 is 2.00 bits per heavy atom. The molecule has 0 aromatic heterocycles. The summed E-state index contributed by atoms with van der Waals surface area (Å²) in [6.45, 7) is 5.22. The third-order valence-corrected chi connectivity index (χ3v) is 2.92. The van der Waals surface area contributed by atoms with Crippen LogP contribution >= 0.6 is 0 Å². The molecule has 118 valence electrons. The summed E-state index contributed by atoms with van der Waals surface area (Å²) >= 11 is 0. The number of ether oxygens (including phenoxy) is 1. The van der Waals surface area contributed by atoms with Crippen LogP contribution in [0, 0.1) is 5.92 Å². The van der Waals surface area contributed by atoms with Crippen molar-refractivity contribution in [2.75, 3.05) is 46.9 Å². The molecule has 0 radical (unpaired) electrons. The number of hydrogen-bond donors (Lipinski definition) is 3. The smallest absolute Gasteiger partial charge is 0.314 e. The average Bonchev–Trinajstić information content (AvgIpc) is 2.40. The molecule has 0 aliphatic carbocycles. The second-order valence-corrected chi connectivity index (χ2v) is 4.97. The molecule has 7 nitrogen and oxygen atoms in total. The van der Waals surface area contributed by atoms with Gasteiger partial charge in [0.15, 0.2) is 0 Å². The zero-order valence-electron chi connectivity index (χ0n) is 12.6. The molecule has 0 saturated heterocycles. The fourth-order valence-electron chi connectivity index (χ4n) is 1.52. The molecule has 3 N–H and O–H groups in total. The van der Waals surface area contributed by atoms with Crippen LogP contribution in [0.4, 0.5) is 4.79 Å². The van der Waals surface area contributed by atoms with Crippen molar-refractivity contribution in [2.45, 2.75) is 19.8 Å². The van der Waals surface area contributed by atoms with Crippen molar-refractivity contribution in [2.24, 2.45) is 5.92 Å². The number of carbonyl (C=O) groups excluding carboxylic acids is 1. The molecule has 0 aliphatic rings. The molecule has 0 aliphatic heterocycles. The number of amides is 2. The van der Waals surface area contributed by atoms with Gasteiger partial charge in [0.05, 0.1) is 6.61 Å². The number of hydrogen-bond acceptors (Lipinski definition) is 4. The van der Waals surface area contributed by atoms with Gasteiger partial charge in [-0.1, -0.05) is 6.92 Å². The van der Waals surface area contributed by atoms with E-state index in [1.165, 1.54) is 0 Å². The topological polar surface area (TPSA) is 90.9 Å². The monoisotopic (exact) mass is 289 g/mol. The minimum atomic E-state index is -0.805. The van der Waals surface area contributed by atoms with Crippen LogP contribution in [0.1, 0.15) is 19.8 Å². The first-order chi connectivity index (χ1) is 9.45. The maximum atomic E-state index is 11.5. The van der Waals surface area contributed by atoms with Crippen LogP contribution in [0.3, 0.4) is 0 Å². The Morgan fingerprint density at radius 3 is 2.60 bits per heavy atom. The first kappa shape index (κ1) is 18.7. The normalized spacial score (nSPS) is 12.2. The molecule has 0 spiro atoms. The van der Waals surface area contributed by atoms with E-state index in [9.17, 15) is 9.59 Å². The van der Waals surface area contributed by atoms with Gasteiger partial charge >= 0.3 is 12.0 Å². The summed E-state index contributed by atoms with van der Waals surface area (Å²) in [6.07, 6.45) is 0.699. The van der Waals surface area contributed by atoms with E-state index in [2.05, 4.69) is 15.5 Å². The zero-order valence-corrected chi connectivity index (χ0v) is 12.6. The number of methoxy groups -OCH3 is 1. The van der Waals surface area contributed by atoms with E-state index in [0.29, 0.717) is 26.1 Å². The fraction of sp³-hybridized carbons (Fsp3) is 0.846. The van der Waals surface area contributed by atoms with E-state index in [-0.39, 0.29) is 18.4 Å². The van der Waals surface area contributed by atoms with E-state index in [1.807, 2.05) is 14.0 Å². The lowest BCUT2D eigenvalue weighted by molar-refractivity contribution is -0.137. The Bertz CT molecular complexity index is 287. The van der Waals surface area contributed by atoms with E-state index >= 15 is 0 Å². The highest BCUT2D eigenvalue weighted by molar-refractivity contribution is 5.73. The zero-order chi connectivity index (χ0) is 15.4. The van der Waals surface area contributed by atoms with E-state index in [0.717, 1.165) is 13.1 Å². The van der Waals surface area contributed by atoms with E-state index in [1.54, 1.807) is 7.11 Å². The molecule has 0 saturated carbocycles. The number of rotatable bonds is 11. The maximum Gasteiger partial charge on any atom is 0.314 e. The Morgan fingerprint density at radius 1 is 1.30 bits per heavy atom. The van der Waals surface area contributed by atoms with Gasteiger partial charge in [0.25, 0.3) is 0 Å². The van der Waals surface area contributed by atoms with Crippen LogP contribution in [0.15, 0.2) is 0 Å². The van der Waals surface area contributed by atoms with Crippen molar-refractivity contribution < 1.29 is 19.4 Å². The van der Waals surface area contributed by atoms with Crippen molar-refractivity contribution in [1.29, 1.82) is 0 Å². The molecule has 1 atom stereocenters. The van der Waals surface area contributed by atoms with Crippen LogP contribution in [0.2, 0.25) is 0 Å². The molecule has 0 fully saturated rings. The maximum absolute atomic E-state index is 11.5. The lowest BCUT2D eigenvalue weighted by Gasteiger charge is -2.17. The Hall–Kier alpha value is -1.34. The molecule has 0 rings (SSSR count). The second-order valence-electron chi connectivity index (χ2n) is 4.97. The molecule has 20 heavy (non-hydrogen) atoms. The van der Waals surface area contributed by atoms with E-state index in [4.69, 9.17) is 9.84 Å². The van der Waals surface area contributed by atoms with Gasteiger partial charge in [-0.15, -0.1) is 0 Å². The summed E-state index contributed by atoms with van der Waals surface area (Å²) in [6, 6.07) is -0.215. The summed E-state index contributed by atoms with van der Waals surface area (Å²) in [5.41, 5.74) is 0. The lowest BCUT2D eigenvalue weighted by Crippen LogP contribution is -2.41. The van der Waals surface area contributed by atoms with Gasteiger partial charge in [-0.05, 0) is 19.4 Å². The van der Waals surface area contributed by atoms with Crippen molar-refractivity contribution in [1.82, 2.24) is 15.5 Å². The predicted molar refractivity (Wildman–Crippen MR) is 76.8 cm³/mol. The third kappa shape index (κ3) is 11.7.